The van der Waals surface area contributed by atoms with Crippen LogP contribution in [0.2, 0.25) is 0 Å². The van der Waals surface area contributed by atoms with Crippen molar-refractivity contribution < 1.29 is 14.6 Å². The molecule has 1 atom stereocenters. The van der Waals surface area contributed by atoms with Crippen LogP contribution in [-0.2, 0) is 6.42 Å². The second-order valence-electron chi connectivity index (χ2n) is 5.80. The van der Waals surface area contributed by atoms with Crippen molar-refractivity contribution in [3.63, 3.8) is 0 Å². The number of likely N-dealkylation sites (tertiary alicyclic amines) is 1. The molecule has 122 valence electrons. The van der Waals surface area contributed by atoms with Gasteiger partial charge in [-0.25, -0.2) is 0 Å². The van der Waals surface area contributed by atoms with Crippen molar-refractivity contribution in [3.05, 3.63) is 36.4 Å². The molecular weight excluding hydrogens is 278 g/mol. The summed E-state index contributed by atoms with van der Waals surface area (Å²) >= 11 is 0. The Morgan fingerprint density at radius 2 is 2.05 bits per heavy atom. The maximum absolute atomic E-state index is 10.1. The highest BCUT2D eigenvalue weighted by Gasteiger charge is 2.15. The van der Waals surface area contributed by atoms with Crippen LogP contribution in [0.4, 0.5) is 0 Å². The van der Waals surface area contributed by atoms with Gasteiger partial charge in [0.2, 0.25) is 0 Å². The largest absolute Gasteiger partial charge is 0.493 e. The Bertz CT molecular complexity index is 469. The molecule has 0 bridgehead atoms. The first-order valence-corrected chi connectivity index (χ1v) is 8.04. The van der Waals surface area contributed by atoms with Crippen LogP contribution in [0, 0.1) is 0 Å². The highest BCUT2D eigenvalue weighted by molar-refractivity contribution is 5.43. The Kier molecular flexibility index (Phi) is 6.74. The Morgan fingerprint density at radius 1 is 1.27 bits per heavy atom. The van der Waals surface area contributed by atoms with E-state index in [9.17, 15) is 5.11 Å². The van der Waals surface area contributed by atoms with E-state index in [0.717, 1.165) is 25.1 Å². The summed E-state index contributed by atoms with van der Waals surface area (Å²) in [6.07, 6.45) is 5.94. The number of rotatable bonds is 8. The van der Waals surface area contributed by atoms with E-state index >= 15 is 0 Å². The third kappa shape index (κ3) is 5.04. The maximum atomic E-state index is 10.1. The molecule has 0 saturated carbocycles. The van der Waals surface area contributed by atoms with E-state index in [2.05, 4.69) is 11.5 Å². The van der Waals surface area contributed by atoms with Crippen LogP contribution in [0.25, 0.3) is 0 Å². The lowest BCUT2D eigenvalue weighted by Crippen LogP contribution is -2.38. The number of hydrogen-bond acceptors (Lipinski definition) is 4. The Labute approximate surface area is 133 Å². The van der Waals surface area contributed by atoms with Crippen LogP contribution in [-0.4, -0.2) is 49.5 Å². The maximum Gasteiger partial charge on any atom is 0.161 e. The van der Waals surface area contributed by atoms with Crippen molar-refractivity contribution in [2.75, 3.05) is 33.4 Å². The summed E-state index contributed by atoms with van der Waals surface area (Å²) in [5, 5.41) is 10.1. The minimum Gasteiger partial charge on any atom is -0.493 e. The van der Waals surface area contributed by atoms with Crippen LogP contribution in [0.1, 0.15) is 24.8 Å². The van der Waals surface area contributed by atoms with E-state index in [1.165, 1.54) is 19.3 Å². The average molecular weight is 305 g/mol. The minimum atomic E-state index is -0.476. The molecule has 0 aromatic heterocycles. The molecule has 0 amide bonds. The molecule has 22 heavy (non-hydrogen) atoms. The zero-order valence-electron chi connectivity index (χ0n) is 13.5. The van der Waals surface area contributed by atoms with Gasteiger partial charge in [-0.05, 0) is 50.0 Å². The van der Waals surface area contributed by atoms with Gasteiger partial charge in [0.05, 0.1) is 7.11 Å². The summed E-state index contributed by atoms with van der Waals surface area (Å²) in [6.45, 7) is 6.86. The SMILES string of the molecule is C=CCc1ccc(OC[C@@H](O)CN2CCCCC2)c(OC)c1. The topological polar surface area (TPSA) is 41.9 Å². The van der Waals surface area contributed by atoms with Crippen molar-refractivity contribution in [2.24, 2.45) is 0 Å². The molecule has 0 aliphatic carbocycles. The van der Waals surface area contributed by atoms with Crippen molar-refractivity contribution in [2.45, 2.75) is 31.8 Å². The van der Waals surface area contributed by atoms with Gasteiger partial charge in [-0.15, -0.1) is 6.58 Å². The number of methoxy groups -OCH3 is 1. The van der Waals surface area contributed by atoms with Gasteiger partial charge in [0.25, 0.3) is 0 Å². The monoisotopic (exact) mass is 305 g/mol. The standard InChI is InChI=1S/C18H27NO3/c1-3-7-15-8-9-17(18(12-15)21-2)22-14-16(20)13-19-10-5-4-6-11-19/h3,8-9,12,16,20H,1,4-7,10-11,13-14H2,2H3/t16-/m0/s1. The summed E-state index contributed by atoms with van der Waals surface area (Å²) < 4.78 is 11.1. The zero-order chi connectivity index (χ0) is 15.8. The molecule has 0 unspecified atom stereocenters. The Hall–Kier alpha value is -1.52. The number of nitrogens with zero attached hydrogens (tertiary/aromatic N) is 1. The number of allylic oxidation sites excluding steroid dienone is 1. The lowest BCUT2D eigenvalue weighted by atomic mass is 10.1. The number of β-amino-alcohol motifs (C(OH)–C–C–N with tert-alkyl or cyclic N) is 1. The molecule has 0 spiro atoms. The van der Waals surface area contributed by atoms with Gasteiger partial charge in [-0.1, -0.05) is 18.6 Å². The first-order valence-electron chi connectivity index (χ1n) is 8.04. The summed E-state index contributed by atoms with van der Waals surface area (Å²) in [6, 6.07) is 5.84. The van der Waals surface area contributed by atoms with E-state index < -0.39 is 6.10 Å². The molecule has 0 radical (unpaired) electrons. The first-order chi connectivity index (χ1) is 10.7. The fourth-order valence-corrected chi connectivity index (χ4v) is 2.80. The highest BCUT2D eigenvalue weighted by Crippen LogP contribution is 2.28. The van der Waals surface area contributed by atoms with Crippen molar-refractivity contribution in [1.29, 1.82) is 0 Å². The average Bonchev–Trinajstić information content (AvgIpc) is 2.54. The van der Waals surface area contributed by atoms with Crippen molar-refractivity contribution in [3.8, 4) is 11.5 Å². The number of aliphatic hydroxyl groups is 1. The number of aliphatic hydroxyl groups excluding tert-OH is 1. The molecule has 1 saturated heterocycles. The fourth-order valence-electron chi connectivity index (χ4n) is 2.80. The predicted molar refractivity (Wildman–Crippen MR) is 88.7 cm³/mol. The van der Waals surface area contributed by atoms with Gasteiger partial charge in [0, 0.05) is 6.54 Å². The van der Waals surface area contributed by atoms with Gasteiger partial charge in [-0.2, -0.15) is 0 Å². The lowest BCUT2D eigenvalue weighted by molar-refractivity contribution is 0.0608. The Morgan fingerprint density at radius 3 is 2.73 bits per heavy atom. The highest BCUT2D eigenvalue weighted by atomic mass is 16.5. The van der Waals surface area contributed by atoms with E-state index in [1.807, 2.05) is 24.3 Å². The van der Waals surface area contributed by atoms with Crippen LogP contribution in [0.5, 0.6) is 11.5 Å². The zero-order valence-corrected chi connectivity index (χ0v) is 13.5. The number of benzene rings is 1. The van der Waals surface area contributed by atoms with Crippen LogP contribution >= 0.6 is 0 Å². The summed E-state index contributed by atoms with van der Waals surface area (Å²) in [7, 11) is 1.63. The molecule has 1 aliphatic heterocycles. The van der Waals surface area contributed by atoms with Gasteiger partial charge >= 0.3 is 0 Å². The lowest BCUT2D eigenvalue weighted by Gasteiger charge is -2.28. The number of piperidine rings is 1. The summed E-state index contributed by atoms with van der Waals surface area (Å²) in [5.74, 6) is 1.37. The fraction of sp³-hybridized carbons (Fsp3) is 0.556. The first kappa shape index (κ1) is 16.8. The second-order valence-corrected chi connectivity index (χ2v) is 5.80. The van der Waals surface area contributed by atoms with Crippen molar-refractivity contribution >= 4 is 0 Å². The molecule has 2 rings (SSSR count). The van der Waals surface area contributed by atoms with Crippen molar-refractivity contribution in [1.82, 2.24) is 4.90 Å². The van der Waals surface area contributed by atoms with Crippen LogP contribution < -0.4 is 9.47 Å². The Balaban J connectivity index is 1.85. The van der Waals surface area contributed by atoms with Gasteiger partial charge in [0.1, 0.15) is 12.7 Å². The molecule has 1 heterocycles. The van der Waals surface area contributed by atoms with E-state index in [0.29, 0.717) is 18.0 Å². The normalized spacial score (nSPS) is 17.0. The predicted octanol–water partition coefficient (Wildman–Crippen LogP) is 2.65. The molecule has 4 heteroatoms. The molecule has 1 aromatic carbocycles. The quantitative estimate of drug-likeness (QED) is 0.750. The molecule has 1 aliphatic rings. The number of ether oxygens (including phenoxy) is 2. The van der Waals surface area contributed by atoms with E-state index in [4.69, 9.17) is 9.47 Å². The smallest absolute Gasteiger partial charge is 0.161 e. The van der Waals surface area contributed by atoms with E-state index in [1.54, 1.807) is 7.11 Å². The van der Waals surface area contributed by atoms with Gasteiger partial charge < -0.3 is 19.5 Å². The minimum absolute atomic E-state index is 0.285. The molecule has 4 nitrogen and oxygen atoms in total. The summed E-state index contributed by atoms with van der Waals surface area (Å²) in [4.78, 5) is 2.31. The molecule has 1 fully saturated rings. The number of hydrogen-bond donors (Lipinski definition) is 1. The third-order valence-electron chi connectivity index (χ3n) is 3.96. The van der Waals surface area contributed by atoms with Gasteiger partial charge in [-0.3, -0.25) is 0 Å². The second kappa shape index (κ2) is 8.81. The molecule has 1 N–H and O–H groups in total. The van der Waals surface area contributed by atoms with E-state index in [-0.39, 0.29) is 6.61 Å². The molecular formula is C18H27NO3. The summed E-state index contributed by atoms with van der Waals surface area (Å²) in [5.41, 5.74) is 1.13. The van der Waals surface area contributed by atoms with Crippen LogP contribution in [0.15, 0.2) is 30.9 Å². The van der Waals surface area contributed by atoms with Gasteiger partial charge in [0.15, 0.2) is 11.5 Å². The molecule has 1 aromatic rings. The van der Waals surface area contributed by atoms with Crippen LogP contribution in [0.3, 0.4) is 0 Å². The third-order valence-corrected chi connectivity index (χ3v) is 3.96.